The van der Waals surface area contributed by atoms with E-state index < -0.39 is 0 Å². The number of hydrogen-bond acceptors (Lipinski definition) is 3. The first kappa shape index (κ1) is 15.8. The van der Waals surface area contributed by atoms with E-state index in [0.717, 1.165) is 23.2 Å². The van der Waals surface area contributed by atoms with Gasteiger partial charge in [-0.2, -0.15) is 0 Å². The number of phenolic OH excluding ortho intramolecular Hbond substituents is 1. The average molecular weight is 344 g/mol. The van der Waals surface area contributed by atoms with Crippen LogP contribution in [0.1, 0.15) is 24.8 Å². The quantitative estimate of drug-likeness (QED) is 0.869. The van der Waals surface area contributed by atoms with E-state index in [0.29, 0.717) is 24.4 Å². The Bertz CT molecular complexity index is 680. The zero-order valence-corrected chi connectivity index (χ0v) is 14.3. The molecule has 2 heterocycles. The van der Waals surface area contributed by atoms with Crippen molar-refractivity contribution in [2.75, 3.05) is 6.61 Å². The van der Waals surface area contributed by atoms with Crippen LogP contribution in [0.5, 0.6) is 11.5 Å². The fourth-order valence-electron chi connectivity index (χ4n) is 3.94. The predicted molar refractivity (Wildman–Crippen MR) is 95.5 cm³/mol. The SMILES string of the molecule is Oc1ccc(CN2C(COc3ccc(Cl)cc3)CC3CC2C3)cc1. The number of aromatic hydroxyl groups is 1. The van der Waals surface area contributed by atoms with Crippen molar-refractivity contribution in [1.29, 1.82) is 0 Å². The molecular weight excluding hydrogens is 322 g/mol. The lowest BCUT2D eigenvalue weighted by atomic mass is 9.70. The molecule has 5 rings (SSSR count). The Kier molecular flexibility index (Phi) is 4.38. The standard InChI is InChI=1S/C20H22ClNO2/c21-16-3-7-20(8-4-16)24-13-18-11-15-9-17(10-15)22(18)12-14-1-5-19(23)6-2-14/h1-8,15,17-18,23H,9-13H2. The van der Waals surface area contributed by atoms with E-state index in [1.165, 1.54) is 24.8 Å². The Hall–Kier alpha value is -1.71. The number of benzene rings is 2. The Labute approximate surface area is 147 Å². The summed E-state index contributed by atoms with van der Waals surface area (Å²) in [5.41, 5.74) is 1.25. The van der Waals surface area contributed by atoms with Crippen molar-refractivity contribution in [1.82, 2.24) is 4.90 Å². The minimum absolute atomic E-state index is 0.323. The van der Waals surface area contributed by atoms with Crippen LogP contribution in [-0.2, 0) is 6.54 Å². The molecule has 1 unspecified atom stereocenters. The first-order valence-electron chi connectivity index (χ1n) is 8.59. The fraction of sp³-hybridized carbons (Fsp3) is 0.400. The van der Waals surface area contributed by atoms with Gasteiger partial charge in [0.05, 0.1) is 0 Å². The van der Waals surface area contributed by atoms with Gasteiger partial charge >= 0.3 is 0 Å². The summed E-state index contributed by atoms with van der Waals surface area (Å²) >= 11 is 5.93. The highest BCUT2D eigenvalue weighted by Gasteiger charge is 2.43. The molecule has 0 aromatic heterocycles. The number of hydrogen-bond donors (Lipinski definition) is 1. The Morgan fingerprint density at radius 3 is 2.42 bits per heavy atom. The summed E-state index contributed by atoms with van der Waals surface area (Å²) < 4.78 is 6.02. The second-order valence-electron chi connectivity index (χ2n) is 6.98. The summed E-state index contributed by atoms with van der Waals surface area (Å²) in [6.07, 6.45) is 3.84. The third kappa shape index (κ3) is 3.38. The lowest BCUT2D eigenvalue weighted by molar-refractivity contribution is -0.0526. The van der Waals surface area contributed by atoms with Crippen LogP contribution >= 0.6 is 11.6 Å². The fourth-order valence-corrected chi connectivity index (χ4v) is 4.07. The minimum Gasteiger partial charge on any atom is -0.508 e. The molecule has 3 fully saturated rings. The maximum atomic E-state index is 9.46. The molecule has 1 aliphatic carbocycles. The molecule has 126 valence electrons. The van der Waals surface area contributed by atoms with Gasteiger partial charge < -0.3 is 9.84 Å². The van der Waals surface area contributed by atoms with Gasteiger partial charge in [0.1, 0.15) is 18.1 Å². The summed E-state index contributed by atoms with van der Waals surface area (Å²) in [5.74, 6) is 2.07. The first-order valence-corrected chi connectivity index (χ1v) is 8.97. The minimum atomic E-state index is 0.323. The molecule has 4 heteroatoms. The van der Waals surface area contributed by atoms with Crippen LogP contribution in [0, 0.1) is 5.92 Å². The number of piperidine rings is 2. The molecule has 1 N–H and O–H groups in total. The van der Waals surface area contributed by atoms with E-state index in [-0.39, 0.29) is 0 Å². The Morgan fingerprint density at radius 2 is 1.71 bits per heavy atom. The molecular formula is C20H22ClNO2. The van der Waals surface area contributed by atoms with Gasteiger partial charge in [0.15, 0.2) is 0 Å². The van der Waals surface area contributed by atoms with Crippen molar-refractivity contribution in [3.8, 4) is 11.5 Å². The van der Waals surface area contributed by atoms with Gasteiger partial charge in [0.25, 0.3) is 0 Å². The molecule has 24 heavy (non-hydrogen) atoms. The zero-order valence-electron chi connectivity index (χ0n) is 13.6. The molecule has 0 amide bonds. The summed E-state index contributed by atoms with van der Waals surface area (Å²) in [6, 6.07) is 16.3. The molecule has 2 saturated heterocycles. The highest BCUT2D eigenvalue weighted by atomic mass is 35.5. The number of phenols is 1. The zero-order chi connectivity index (χ0) is 16.5. The maximum absolute atomic E-state index is 9.46. The monoisotopic (exact) mass is 343 g/mol. The molecule has 2 aromatic rings. The van der Waals surface area contributed by atoms with Gasteiger partial charge in [-0.25, -0.2) is 0 Å². The van der Waals surface area contributed by atoms with Crippen LogP contribution in [0.2, 0.25) is 5.02 Å². The van der Waals surface area contributed by atoms with E-state index in [1.54, 1.807) is 12.1 Å². The number of nitrogens with zero attached hydrogens (tertiary/aromatic N) is 1. The second-order valence-corrected chi connectivity index (χ2v) is 7.42. The molecule has 3 aliphatic rings. The first-order chi connectivity index (χ1) is 11.7. The highest BCUT2D eigenvalue weighted by Crippen LogP contribution is 2.43. The van der Waals surface area contributed by atoms with Crippen molar-refractivity contribution in [3.05, 3.63) is 59.1 Å². The van der Waals surface area contributed by atoms with Crippen LogP contribution in [0.15, 0.2) is 48.5 Å². The van der Waals surface area contributed by atoms with E-state index >= 15 is 0 Å². The summed E-state index contributed by atoms with van der Waals surface area (Å²) in [6.45, 7) is 1.64. The molecule has 2 aromatic carbocycles. The Balaban J connectivity index is 1.42. The number of halogens is 1. The number of ether oxygens (including phenoxy) is 1. The normalized spacial score (nSPS) is 26.0. The number of rotatable bonds is 5. The topological polar surface area (TPSA) is 32.7 Å². The molecule has 3 nitrogen and oxygen atoms in total. The molecule has 1 saturated carbocycles. The lowest BCUT2D eigenvalue weighted by Crippen LogP contribution is -2.57. The van der Waals surface area contributed by atoms with Crippen LogP contribution in [0.4, 0.5) is 0 Å². The van der Waals surface area contributed by atoms with E-state index in [1.807, 2.05) is 36.4 Å². The van der Waals surface area contributed by atoms with Crippen molar-refractivity contribution in [2.45, 2.75) is 37.9 Å². The third-order valence-electron chi connectivity index (χ3n) is 5.31. The molecule has 0 radical (unpaired) electrons. The summed E-state index contributed by atoms with van der Waals surface area (Å²) in [7, 11) is 0. The number of fused-ring (bicyclic) bond motifs is 2. The van der Waals surface area contributed by atoms with Crippen molar-refractivity contribution in [3.63, 3.8) is 0 Å². The largest absolute Gasteiger partial charge is 0.508 e. The van der Waals surface area contributed by atoms with Crippen LogP contribution in [0.25, 0.3) is 0 Å². The third-order valence-corrected chi connectivity index (χ3v) is 5.56. The van der Waals surface area contributed by atoms with Gasteiger partial charge in [-0.05, 0) is 67.1 Å². The molecule has 1 atom stereocenters. The van der Waals surface area contributed by atoms with E-state index in [2.05, 4.69) is 4.90 Å². The Morgan fingerprint density at radius 1 is 1.00 bits per heavy atom. The van der Waals surface area contributed by atoms with Crippen LogP contribution in [0.3, 0.4) is 0 Å². The highest BCUT2D eigenvalue weighted by molar-refractivity contribution is 6.30. The average Bonchev–Trinajstić information content (AvgIpc) is 2.56. The van der Waals surface area contributed by atoms with Gasteiger partial charge in [-0.3, -0.25) is 4.90 Å². The van der Waals surface area contributed by atoms with Crippen LogP contribution in [-0.4, -0.2) is 28.7 Å². The van der Waals surface area contributed by atoms with E-state index in [9.17, 15) is 5.11 Å². The molecule has 2 aliphatic heterocycles. The molecule has 2 bridgehead atoms. The predicted octanol–water partition coefficient (Wildman–Crippen LogP) is 4.48. The van der Waals surface area contributed by atoms with E-state index in [4.69, 9.17) is 16.3 Å². The summed E-state index contributed by atoms with van der Waals surface area (Å²) in [5, 5.41) is 10.2. The van der Waals surface area contributed by atoms with Crippen molar-refractivity contribution >= 4 is 11.6 Å². The smallest absolute Gasteiger partial charge is 0.119 e. The van der Waals surface area contributed by atoms with Gasteiger partial charge in [-0.15, -0.1) is 0 Å². The summed E-state index contributed by atoms with van der Waals surface area (Å²) in [4.78, 5) is 2.59. The van der Waals surface area contributed by atoms with Gasteiger partial charge in [0, 0.05) is 23.7 Å². The van der Waals surface area contributed by atoms with Crippen molar-refractivity contribution in [2.24, 2.45) is 5.92 Å². The van der Waals surface area contributed by atoms with Crippen molar-refractivity contribution < 1.29 is 9.84 Å². The maximum Gasteiger partial charge on any atom is 0.119 e. The second kappa shape index (κ2) is 6.66. The van der Waals surface area contributed by atoms with Gasteiger partial charge in [-0.1, -0.05) is 23.7 Å². The molecule has 0 spiro atoms. The van der Waals surface area contributed by atoms with Gasteiger partial charge in [0.2, 0.25) is 0 Å². The van der Waals surface area contributed by atoms with Crippen LogP contribution < -0.4 is 4.74 Å². The lowest BCUT2D eigenvalue weighted by Gasteiger charge is -2.53.